The number of hydrogen-bond acceptors (Lipinski definition) is 3. The van der Waals surface area contributed by atoms with E-state index in [0.717, 1.165) is 12.0 Å². The number of rotatable bonds is 8. The third-order valence-electron chi connectivity index (χ3n) is 2.72. The average Bonchev–Trinajstić information content (AvgIpc) is 2.30. The van der Waals surface area contributed by atoms with Gasteiger partial charge in [0.15, 0.2) is 0 Å². The van der Waals surface area contributed by atoms with Gasteiger partial charge in [-0.3, -0.25) is 0 Å². The Morgan fingerprint density at radius 1 is 1.24 bits per heavy atom. The van der Waals surface area contributed by atoms with E-state index in [-0.39, 0.29) is 6.61 Å². The van der Waals surface area contributed by atoms with Crippen molar-refractivity contribution in [1.29, 1.82) is 0 Å². The molecule has 0 aliphatic rings. The molecule has 1 aromatic rings. The Balaban J connectivity index is 2.14. The first-order chi connectivity index (χ1) is 8.22. The van der Waals surface area contributed by atoms with Crippen LogP contribution in [-0.2, 0) is 11.3 Å². The summed E-state index contributed by atoms with van der Waals surface area (Å²) in [7, 11) is 0. The quantitative estimate of drug-likeness (QED) is 0.728. The maximum absolute atomic E-state index is 9.72. The van der Waals surface area contributed by atoms with Crippen molar-refractivity contribution in [1.82, 2.24) is 0 Å². The summed E-state index contributed by atoms with van der Waals surface area (Å²) in [6, 6.07) is 9.91. The van der Waals surface area contributed by atoms with Crippen LogP contribution in [0.25, 0.3) is 0 Å². The summed E-state index contributed by atoms with van der Waals surface area (Å²) in [5, 5.41) is 18.5. The summed E-state index contributed by atoms with van der Waals surface area (Å²) in [5.74, 6) is 0.329. The summed E-state index contributed by atoms with van der Waals surface area (Å²) < 4.78 is 5.45. The first-order valence-corrected chi connectivity index (χ1v) is 6.13. The summed E-state index contributed by atoms with van der Waals surface area (Å²) >= 11 is 0. The molecule has 3 nitrogen and oxygen atoms in total. The molecule has 0 aromatic heterocycles. The standard InChI is InChI=1S/C14H22O3/c1-12(7-8-15)9-14(16)11-17-10-13-5-3-2-4-6-13/h2-6,12,14-16H,7-11H2,1H3/t12-,14-/m1/s1. The molecule has 0 aliphatic carbocycles. The summed E-state index contributed by atoms with van der Waals surface area (Å²) in [5.41, 5.74) is 1.11. The molecule has 96 valence electrons. The minimum absolute atomic E-state index is 0.179. The van der Waals surface area contributed by atoms with Crippen LogP contribution >= 0.6 is 0 Å². The van der Waals surface area contributed by atoms with Crippen LogP contribution in [0.5, 0.6) is 0 Å². The van der Waals surface area contributed by atoms with Crippen LogP contribution in [0.15, 0.2) is 30.3 Å². The molecular weight excluding hydrogens is 216 g/mol. The van der Waals surface area contributed by atoms with Crippen molar-refractivity contribution >= 4 is 0 Å². The molecule has 0 amide bonds. The molecule has 0 saturated carbocycles. The number of benzene rings is 1. The zero-order valence-corrected chi connectivity index (χ0v) is 10.4. The normalized spacial score (nSPS) is 14.5. The number of aliphatic hydroxyl groups is 2. The van der Waals surface area contributed by atoms with Crippen molar-refractivity contribution in [2.45, 2.75) is 32.5 Å². The lowest BCUT2D eigenvalue weighted by Gasteiger charge is -2.15. The van der Waals surface area contributed by atoms with Gasteiger partial charge in [0, 0.05) is 6.61 Å². The monoisotopic (exact) mass is 238 g/mol. The van der Waals surface area contributed by atoms with Crippen molar-refractivity contribution in [2.24, 2.45) is 5.92 Å². The van der Waals surface area contributed by atoms with Crippen LogP contribution in [0.2, 0.25) is 0 Å². The number of aliphatic hydroxyl groups excluding tert-OH is 2. The Morgan fingerprint density at radius 3 is 2.59 bits per heavy atom. The van der Waals surface area contributed by atoms with Crippen LogP contribution in [0.1, 0.15) is 25.3 Å². The van der Waals surface area contributed by atoms with Gasteiger partial charge in [0.2, 0.25) is 0 Å². The van der Waals surface area contributed by atoms with Crippen LogP contribution in [0, 0.1) is 5.92 Å². The summed E-state index contributed by atoms with van der Waals surface area (Å²) in [6.45, 7) is 3.09. The van der Waals surface area contributed by atoms with Crippen LogP contribution < -0.4 is 0 Å². The first-order valence-electron chi connectivity index (χ1n) is 6.13. The van der Waals surface area contributed by atoms with Crippen molar-refractivity contribution < 1.29 is 14.9 Å². The largest absolute Gasteiger partial charge is 0.396 e. The average molecular weight is 238 g/mol. The lowest BCUT2D eigenvalue weighted by Crippen LogP contribution is -2.19. The highest BCUT2D eigenvalue weighted by molar-refractivity contribution is 5.13. The van der Waals surface area contributed by atoms with Gasteiger partial charge in [0.1, 0.15) is 0 Å². The zero-order valence-electron chi connectivity index (χ0n) is 10.4. The molecule has 0 unspecified atom stereocenters. The SMILES string of the molecule is C[C@H](CCO)C[C@@H](O)COCc1ccccc1. The molecule has 0 radical (unpaired) electrons. The molecule has 2 atom stereocenters. The molecule has 17 heavy (non-hydrogen) atoms. The molecule has 1 aromatic carbocycles. The number of ether oxygens (including phenoxy) is 1. The Hall–Kier alpha value is -0.900. The predicted molar refractivity (Wildman–Crippen MR) is 67.6 cm³/mol. The first kappa shape index (κ1) is 14.2. The van der Waals surface area contributed by atoms with Gasteiger partial charge in [0.25, 0.3) is 0 Å². The van der Waals surface area contributed by atoms with Crippen LogP contribution in [0.3, 0.4) is 0 Å². The summed E-state index contributed by atoms with van der Waals surface area (Å²) in [6.07, 6.45) is 0.964. The lowest BCUT2D eigenvalue weighted by molar-refractivity contribution is 0.0162. The fourth-order valence-corrected chi connectivity index (χ4v) is 1.76. The van der Waals surface area contributed by atoms with Crippen molar-refractivity contribution in [3.05, 3.63) is 35.9 Å². The minimum Gasteiger partial charge on any atom is -0.396 e. The third kappa shape index (κ3) is 6.41. The van der Waals surface area contributed by atoms with Gasteiger partial charge < -0.3 is 14.9 Å². The van der Waals surface area contributed by atoms with Gasteiger partial charge in [-0.2, -0.15) is 0 Å². The second-order valence-electron chi connectivity index (χ2n) is 4.51. The molecule has 3 heteroatoms. The molecule has 0 saturated heterocycles. The van der Waals surface area contributed by atoms with E-state index in [0.29, 0.717) is 25.6 Å². The zero-order chi connectivity index (χ0) is 12.5. The maximum atomic E-state index is 9.72. The van der Waals surface area contributed by atoms with Crippen molar-refractivity contribution in [3.63, 3.8) is 0 Å². The van der Waals surface area contributed by atoms with Gasteiger partial charge in [0.05, 0.1) is 19.3 Å². The van der Waals surface area contributed by atoms with E-state index in [9.17, 15) is 5.11 Å². The van der Waals surface area contributed by atoms with E-state index in [2.05, 4.69) is 0 Å². The fourth-order valence-electron chi connectivity index (χ4n) is 1.76. The molecule has 0 spiro atoms. The molecule has 0 heterocycles. The molecule has 1 rings (SSSR count). The van der Waals surface area contributed by atoms with E-state index in [1.807, 2.05) is 37.3 Å². The topological polar surface area (TPSA) is 49.7 Å². The van der Waals surface area contributed by atoms with E-state index in [1.54, 1.807) is 0 Å². The van der Waals surface area contributed by atoms with Crippen LogP contribution in [0.4, 0.5) is 0 Å². The molecule has 0 bridgehead atoms. The molecule has 0 aliphatic heterocycles. The van der Waals surface area contributed by atoms with Crippen LogP contribution in [-0.4, -0.2) is 29.5 Å². The van der Waals surface area contributed by atoms with Gasteiger partial charge in [-0.25, -0.2) is 0 Å². The third-order valence-corrected chi connectivity index (χ3v) is 2.72. The van der Waals surface area contributed by atoms with Crippen molar-refractivity contribution in [3.8, 4) is 0 Å². The second-order valence-corrected chi connectivity index (χ2v) is 4.51. The molecule has 0 fully saturated rings. The van der Waals surface area contributed by atoms with Gasteiger partial charge >= 0.3 is 0 Å². The van der Waals surface area contributed by atoms with E-state index < -0.39 is 6.10 Å². The van der Waals surface area contributed by atoms with E-state index in [4.69, 9.17) is 9.84 Å². The minimum atomic E-state index is -0.444. The smallest absolute Gasteiger partial charge is 0.0776 e. The summed E-state index contributed by atoms with van der Waals surface area (Å²) in [4.78, 5) is 0. The maximum Gasteiger partial charge on any atom is 0.0776 e. The van der Waals surface area contributed by atoms with Gasteiger partial charge in [-0.05, 0) is 24.3 Å². The Kier molecular flexibility index (Phi) is 6.86. The van der Waals surface area contributed by atoms with E-state index >= 15 is 0 Å². The molecule has 2 N–H and O–H groups in total. The predicted octanol–water partition coefficient (Wildman–Crippen LogP) is 1.97. The van der Waals surface area contributed by atoms with Crippen molar-refractivity contribution in [2.75, 3.05) is 13.2 Å². The highest BCUT2D eigenvalue weighted by Crippen LogP contribution is 2.10. The second kappa shape index (κ2) is 8.23. The Bertz CT molecular complexity index is 287. The fraction of sp³-hybridized carbons (Fsp3) is 0.571. The van der Waals surface area contributed by atoms with Gasteiger partial charge in [-0.1, -0.05) is 37.3 Å². The number of hydrogen-bond donors (Lipinski definition) is 2. The highest BCUT2D eigenvalue weighted by atomic mass is 16.5. The highest BCUT2D eigenvalue weighted by Gasteiger charge is 2.10. The Labute approximate surface area is 103 Å². The van der Waals surface area contributed by atoms with Gasteiger partial charge in [-0.15, -0.1) is 0 Å². The Morgan fingerprint density at radius 2 is 1.94 bits per heavy atom. The molecular formula is C14H22O3. The lowest BCUT2D eigenvalue weighted by atomic mass is 10.0. The van der Waals surface area contributed by atoms with E-state index in [1.165, 1.54) is 0 Å².